The van der Waals surface area contributed by atoms with E-state index in [1.165, 1.54) is 4.90 Å². The second-order valence-corrected chi connectivity index (χ2v) is 5.47. The smallest absolute Gasteiger partial charge is 0.365 e. The fourth-order valence-electron chi connectivity index (χ4n) is 3.16. The molecule has 0 aromatic heterocycles. The standard InChI is InChI=1S/C15H18N2O3/c18-14(16-11-5-2-1-3-6-11)9-13-15(19)20-10-12-7-4-8-17(12)13/h1-3,5-6,12-13H,4,7-10H2,(H,16,18)/p+1/t12-,13-/m1/s1. The number of carbonyl (C=O) groups is 2. The molecular formula is C15H19N2O3+. The number of nitrogens with one attached hydrogen (secondary N) is 2. The number of benzene rings is 1. The average Bonchev–Trinajstić information content (AvgIpc) is 2.92. The zero-order valence-electron chi connectivity index (χ0n) is 11.3. The first kappa shape index (κ1) is 13.1. The number of esters is 1. The molecule has 1 unspecified atom stereocenters. The van der Waals surface area contributed by atoms with Gasteiger partial charge in [0.2, 0.25) is 5.91 Å². The van der Waals surface area contributed by atoms with Gasteiger partial charge < -0.3 is 15.0 Å². The van der Waals surface area contributed by atoms with Crippen LogP contribution in [0, 0.1) is 0 Å². The lowest BCUT2D eigenvalue weighted by Gasteiger charge is -2.32. The molecule has 0 aliphatic carbocycles. The molecule has 2 aliphatic rings. The van der Waals surface area contributed by atoms with E-state index in [4.69, 9.17) is 4.74 Å². The van der Waals surface area contributed by atoms with Crippen molar-refractivity contribution in [1.82, 2.24) is 0 Å². The molecule has 2 fully saturated rings. The number of morpholine rings is 1. The second kappa shape index (κ2) is 5.63. The quantitative estimate of drug-likeness (QED) is 0.763. The third-order valence-electron chi connectivity index (χ3n) is 4.15. The van der Waals surface area contributed by atoms with Crippen molar-refractivity contribution in [2.75, 3.05) is 18.5 Å². The van der Waals surface area contributed by atoms with Crippen LogP contribution in [0.4, 0.5) is 5.69 Å². The summed E-state index contributed by atoms with van der Waals surface area (Å²) in [6.45, 7) is 1.47. The van der Waals surface area contributed by atoms with E-state index in [0.717, 1.165) is 25.1 Å². The summed E-state index contributed by atoms with van der Waals surface area (Å²) < 4.78 is 5.22. The third-order valence-corrected chi connectivity index (χ3v) is 4.15. The van der Waals surface area contributed by atoms with E-state index < -0.39 is 0 Å². The maximum Gasteiger partial charge on any atom is 0.365 e. The molecule has 1 amide bonds. The van der Waals surface area contributed by atoms with Crippen molar-refractivity contribution < 1.29 is 19.2 Å². The Hall–Kier alpha value is -1.88. The number of para-hydroxylation sites is 1. The first-order chi connectivity index (χ1) is 9.74. The van der Waals surface area contributed by atoms with Gasteiger partial charge in [-0.15, -0.1) is 0 Å². The van der Waals surface area contributed by atoms with Crippen molar-refractivity contribution in [3.05, 3.63) is 30.3 Å². The molecule has 1 aromatic carbocycles. The Bertz CT molecular complexity index is 503. The molecule has 3 atom stereocenters. The minimum atomic E-state index is -0.347. The van der Waals surface area contributed by atoms with Gasteiger partial charge in [-0.25, -0.2) is 4.79 Å². The van der Waals surface area contributed by atoms with Gasteiger partial charge in [0.15, 0.2) is 6.04 Å². The van der Waals surface area contributed by atoms with Crippen LogP contribution < -0.4 is 10.2 Å². The number of quaternary nitrogens is 1. The van der Waals surface area contributed by atoms with Gasteiger partial charge in [0, 0.05) is 18.5 Å². The first-order valence-corrected chi connectivity index (χ1v) is 7.11. The van der Waals surface area contributed by atoms with E-state index >= 15 is 0 Å². The predicted octanol–water partition coefficient (Wildman–Crippen LogP) is -0.0121. The highest BCUT2D eigenvalue weighted by Gasteiger charge is 2.45. The molecule has 2 saturated heterocycles. The van der Waals surface area contributed by atoms with E-state index in [1.807, 2.05) is 30.3 Å². The van der Waals surface area contributed by atoms with Crippen molar-refractivity contribution in [2.45, 2.75) is 31.3 Å². The highest BCUT2D eigenvalue weighted by molar-refractivity contribution is 5.93. The normalized spacial score (nSPS) is 28.6. The number of cyclic esters (lactones) is 1. The first-order valence-electron chi connectivity index (χ1n) is 7.11. The van der Waals surface area contributed by atoms with Crippen molar-refractivity contribution in [3.8, 4) is 0 Å². The Morgan fingerprint density at radius 1 is 1.35 bits per heavy atom. The summed E-state index contributed by atoms with van der Waals surface area (Å²) in [6, 6.07) is 9.33. The number of hydrogen-bond acceptors (Lipinski definition) is 3. The molecule has 1 aromatic rings. The Morgan fingerprint density at radius 2 is 2.15 bits per heavy atom. The lowest BCUT2D eigenvalue weighted by molar-refractivity contribution is -0.933. The number of hydrogen-bond donors (Lipinski definition) is 2. The summed E-state index contributed by atoms with van der Waals surface area (Å²) in [5, 5.41) is 2.83. The van der Waals surface area contributed by atoms with E-state index in [-0.39, 0.29) is 24.3 Å². The van der Waals surface area contributed by atoms with Crippen molar-refractivity contribution in [3.63, 3.8) is 0 Å². The zero-order valence-corrected chi connectivity index (χ0v) is 11.3. The van der Waals surface area contributed by atoms with Crippen LogP contribution in [0.1, 0.15) is 19.3 Å². The van der Waals surface area contributed by atoms with Crippen molar-refractivity contribution in [2.24, 2.45) is 0 Å². The maximum atomic E-state index is 12.1. The van der Waals surface area contributed by atoms with Crippen LogP contribution in [0.2, 0.25) is 0 Å². The largest absolute Gasteiger partial charge is 0.455 e. The number of anilines is 1. The van der Waals surface area contributed by atoms with Crippen molar-refractivity contribution >= 4 is 17.6 Å². The van der Waals surface area contributed by atoms with Gasteiger partial charge in [0.25, 0.3) is 0 Å². The van der Waals surface area contributed by atoms with Gasteiger partial charge in [0.1, 0.15) is 12.6 Å². The molecule has 2 heterocycles. The van der Waals surface area contributed by atoms with Gasteiger partial charge in [-0.3, -0.25) is 4.79 Å². The lowest BCUT2D eigenvalue weighted by Crippen LogP contribution is -3.20. The van der Waals surface area contributed by atoms with E-state index in [9.17, 15) is 9.59 Å². The van der Waals surface area contributed by atoms with Crippen LogP contribution in [0.15, 0.2) is 30.3 Å². The van der Waals surface area contributed by atoms with Crippen LogP contribution in [0.3, 0.4) is 0 Å². The molecule has 0 spiro atoms. The molecule has 5 nitrogen and oxygen atoms in total. The van der Waals surface area contributed by atoms with Gasteiger partial charge >= 0.3 is 5.97 Å². The van der Waals surface area contributed by atoms with Gasteiger partial charge in [0.05, 0.1) is 13.0 Å². The number of amides is 1. The van der Waals surface area contributed by atoms with Crippen LogP contribution in [-0.4, -0.2) is 37.1 Å². The molecule has 106 valence electrons. The Kier molecular flexibility index (Phi) is 3.69. The van der Waals surface area contributed by atoms with E-state index in [1.54, 1.807) is 0 Å². The summed E-state index contributed by atoms with van der Waals surface area (Å²) in [4.78, 5) is 25.2. The van der Waals surface area contributed by atoms with Crippen LogP contribution in [0.25, 0.3) is 0 Å². The highest BCUT2D eigenvalue weighted by Crippen LogP contribution is 2.11. The molecule has 3 rings (SSSR count). The number of fused-ring (bicyclic) bond motifs is 1. The highest BCUT2D eigenvalue weighted by atomic mass is 16.5. The van der Waals surface area contributed by atoms with E-state index in [0.29, 0.717) is 12.6 Å². The summed E-state index contributed by atoms with van der Waals surface area (Å²) >= 11 is 0. The zero-order chi connectivity index (χ0) is 13.9. The van der Waals surface area contributed by atoms with Gasteiger partial charge in [-0.05, 0) is 12.1 Å². The SMILES string of the molecule is O=C(C[C@@H]1C(=O)OC[C@H]2CCC[NH+]21)Nc1ccccc1. The fourth-order valence-corrected chi connectivity index (χ4v) is 3.16. The Labute approximate surface area is 117 Å². The molecule has 0 radical (unpaired) electrons. The fraction of sp³-hybridized carbons (Fsp3) is 0.467. The second-order valence-electron chi connectivity index (χ2n) is 5.47. The summed E-state index contributed by atoms with van der Waals surface area (Å²) in [6.07, 6.45) is 2.38. The predicted molar refractivity (Wildman–Crippen MR) is 73.3 cm³/mol. The number of carbonyl (C=O) groups excluding carboxylic acids is 2. The monoisotopic (exact) mass is 275 g/mol. The molecule has 0 bridgehead atoms. The number of ether oxygens (including phenoxy) is 1. The van der Waals surface area contributed by atoms with Gasteiger partial charge in [-0.2, -0.15) is 0 Å². The average molecular weight is 275 g/mol. The summed E-state index contributed by atoms with van der Waals surface area (Å²) in [5.74, 6) is -0.362. The Morgan fingerprint density at radius 3 is 2.95 bits per heavy atom. The van der Waals surface area contributed by atoms with E-state index in [2.05, 4.69) is 5.32 Å². The topological polar surface area (TPSA) is 59.8 Å². The van der Waals surface area contributed by atoms with Crippen LogP contribution in [0.5, 0.6) is 0 Å². The lowest BCUT2D eigenvalue weighted by atomic mass is 10.1. The maximum absolute atomic E-state index is 12.1. The van der Waals surface area contributed by atoms with Gasteiger partial charge in [-0.1, -0.05) is 18.2 Å². The Balaban J connectivity index is 1.63. The molecule has 0 saturated carbocycles. The molecule has 2 aliphatic heterocycles. The summed E-state index contributed by atoms with van der Waals surface area (Å²) in [5.41, 5.74) is 0.759. The third kappa shape index (κ3) is 2.67. The van der Waals surface area contributed by atoms with Crippen LogP contribution >= 0.6 is 0 Å². The number of rotatable bonds is 3. The van der Waals surface area contributed by atoms with Crippen LogP contribution in [-0.2, 0) is 14.3 Å². The molecule has 5 heteroatoms. The molecule has 2 N–H and O–H groups in total. The summed E-state index contributed by atoms with van der Waals surface area (Å²) in [7, 11) is 0. The molecule has 20 heavy (non-hydrogen) atoms. The molecular weight excluding hydrogens is 256 g/mol. The minimum Gasteiger partial charge on any atom is -0.455 e. The van der Waals surface area contributed by atoms with Crippen molar-refractivity contribution in [1.29, 1.82) is 0 Å². The minimum absolute atomic E-state index is 0.127.